The molecule has 12 aromatic rings. The number of rotatable bonds is 6. The molecule has 0 radical (unpaired) electrons. The van der Waals surface area contributed by atoms with Gasteiger partial charge >= 0.3 is 0 Å². The predicted molar refractivity (Wildman–Crippen MR) is 255 cm³/mol. The van der Waals surface area contributed by atoms with E-state index in [1.165, 1.54) is 26.3 Å². The van der Waals surface area contributed by atoms with E-state index in [-0.39, 0.29) is 0 Å². The smallest absolute Gasteiger partial charge is 0.179 e. The molecule has 0 fully saturated rings. The number of nitrogens with zero attached hydrogens (tertiary/aromatic N) is 4. The van der Waals surface area contributed by atoms with Crippen LogP contribution in [-0.4, -0.2) is 17.2 Å². The molecule has 0 saturated heterocycles. The second-order valence-corrected chi connectivity index (χ2v) is 19.7. The number of benzene rings is 9. The first kappa shape index (κ1) is 35.5. The van der Waals surface area contributed by atoms with Crippen molar-refractivity contribution in [2.75, 3.05) is 0 Å². The average molecular weight is 807 g/mol. The molecule has 0 aliphatic heterocycles. The van der Waals surface area contributed by atoms with Crippen LogP contribution >= 0.6 is 0 Å². The zero-order valence-corrected chi connectivity index (χ0v) is 34.3. The molecule has 0 N–H and O–H groups in total. The van der Waals surface area contributed by atoms with E-state index in [2.05, 4.69) is 185 Å². The molecule has 62 heavy (non-hydrogen) atoms. The number of aromatic nitrogens is 2. The Morgan fingerprint density at radius 3 is 1.58 bits per heavy atom. The summed E-state index contributed by atoms with van der Waals surface area (Å²) in [4.78, 5) is 0. The molecular formula is C56H34N4OSi. The van der Waals surface area contributed by atoms with Crippen LogP contribution in [0.15, 0.2) is 211 Å². The van der Waals surface area contributed by atoms with Gasteiger partial charge in [-0.05, 0) is 99.6 Å². The van der Waals surface area contributed by atoms with Gasteiger partial charge in [-0.1, -0.05) is 127 Å². The van der Waals surface area contributed by atoms with Crippen molar-refractivity contribution >= 4 is 94.4 Å². The molecule has 9 aromatic carbocycles. The Morgan fingerprint density at radius 2 is 0.919 bits per heavy atom. The maximum atomic E-state index is 10.9. The van der Waals surface area contributed by atoms with Gasteiger partial charge in [0.15, 0.2) is 8.07 Å². The van der Waals surface area contributed by atoms with E-state index < -0.39 is 8.07 Å². The largest absolute Gasteiger partial charge is 0.455 e. The molecular weight excluding hydrogens is 773 g/mol. The van der Waals surface area contributed by atoms with E-state index >= 15 is 0 Å². The molecule has 0 saturated carbocycles. The Labute approximate surface area is 357 Å². The highest BCUT2D eigenvalue weighted by Crippen LogP contribution is 2.41. The van der Waals surface area contributed by atoms with Gasteiger partial charge in [-0.25, -0.2) is 0 Å². The minimum atomic E-state index is -3.16. The van der Waals surface area contributed by atoms with Gasteiger partial charge < -0.3 is 13.6 Å². The summed E-state index contributed by atoms with van der Waals surface area (Å²) in [5.41, 5.74) is 8.86. The quantitative estimate of drug-likeness (QED) is 0.124. The van der Waals surface area contributed by atoms with Gasteiger partial charge in [0.2, 0.25) is 0 Å². The number of para-hydroxylation sites is 3. The van der Waals surface area contributed by atoms with Crippen LogP contribution in [0.5, 0.6) is 0 Å². The van der Waals surface area contributed by atoms with Crippen LogP contribution in [0.2, 0.25) is 0 Å². The number of fused-ring (bicyclic) bond motifs is 10. The van der Waals surface area contributed by atoms with Crippen LogP contribution in [0.25, 0.3) is 76.9 Å². The lowest BCUT2D eigenvalue weighted by atomic mass is 10.1. The van der Waals surface area contributed by atoms with E-state index in [9.17, 15) is 10.5 Å². The first-order valence-electron chi connectivity index (χ1n) is 20.7. The summed E-state index contributed by atoms with van der Waals surface area (Å²) in [7, 11) is -3.16. The fraction of sp³-hybridized carbons (Fsp3) is 0. The Hall–Kier alpha value is -8.42. The number of hydrogen-bond acceptors (Lipinski definition) is 3. The summed E-state index contributed by atoms with van der Waals surface area (Å²) >= 11 is 0. The summed E-state index contributed by atoms with van der Waals surface area (Å²) in [6, 6.07) is 77.5. The van der Waals surface area contributed by atoms with Crippen molar-refractivity contribution in [3.05, 3.63) is 217 Å². The van der Waals surface area contributed by atoms with E-state index in [4.69, 9.17) is 4.42 Å². The van der Waals surface area contributed by atoms with Crippen LogP contribution < -0.4 is 20.7 Å². The van der Waals surface area contributed by atoms with Gasteiger partial charge in [0.1, 0.15) is 11.2 Å². The minimum Gasteiger partial charge on any atom is -0.455 e. The summed E-state index contributed by atoms with van der Waals surface area (Å²) in [5.74, 6) is 0. The van der Waals surface area contributed by atoms with Crippen molar-refractivity contribution in [2.45, 2.75) is 0 Å². The van der Waals surface area contributed by atoms with Crippen LogP contribution in [-0.2, 0) is 0 Å². The molecule has 0 bridgehead atoms. The normalized spacial score (nSPS) is 11.8. The average Bonchev–Trinajstić information content (AvgIpc) is 4.00. The third-order valence-electron chi connectivity index (χ3n) is 12.7. The Morgan fingerprint density at radius 1 is 0.371 bits per heavy atom. The summed E-state index contributed by atoms with van der Waals surface area (Å²) in [6.45, 7) is 0. The van der Waals surface area contributed by atoms with Gasteiger partial charge in [0, 0.05) is 38.3 Å². The van der Waals surface area contributed by atoms with E-state index in [0.29, 0.717) is 11.1 Å². The third kappa shape index (κ3) is 5.12. The summed E-state index contributed by atoms with van der Waals surface area (Å²) < 4.78 is 11.2. The number of nitriles is 2. The third-order valence-corrected chi connectivity index (χ3v) is 17.4. The molecule has 0 unspecified atom stereocenters. The van der Waals surface area contributed by atoms with E-state index in [1.807, 2.05) is 42.5 Å². The van der Waals surface area contributed by atoms with E-state index in [0.717, 1.165) is 71.3 Å². The molecule has 5 nitrogen and oxygen atoms in total. The summed E-state index contributed by atoms with van der Waals surface area (Å²) in [6.07, 6.45) is 0. The van der Waals surface area contributed by atoms with E-state index in [1.54, 1.807) is 0 Å². The molecule has 6 heteroatoms. The zero-order chi connectivity index (χ0) is 41.4. The molecule has 3 aromatic heterocycles. The highest BCUT2D eigenvalue weighted by Gasteiger charge is 2.42. The molecule has 0 amide bonds. The fourth-order valence-corrected chi connectivity index (χ4v) is 14.9. The standard InChI is InChI=1S/C56H34N4OSi/c57-35-37-23-29-52-49(33-37)55-53(30-28-48-47-19-9-12-22-54(47)61-56(48)55)60(52)40-31-38(36-58)32-44(34-40)62(41-13-3-1-4-14-41,42-15-5-2-6-16-42)43-26-24-39(25-27-43)59-50-20-10-7-17-45(50)46-18-8-11-21-51(46)59/h1-34H. The lowest BCUT2D eigenvalue weighted by molar-refractivity contribution is 0.673. The Bertz CT molecular complexity index is 3730. The van der Waals surface area contributed by atoms with Crippen molar-refractivity contribution in [2.24, 2.45) is 0 Å². The highest BCUT2D eigenvalue weighted by atomic mass is 28.3. The zero-order valence-electron chi connectivity index (χ0n) is 33.3. The first-order valence-corrected chi connectivity index (χ1v) is 22.7. The van der Waals surface area contributed by atoms with Crippen LogP contribution in [0, 0.1) is 22.7 Å². The predicted octanol–water partition coefficient (Wildman–Crippen LogP) is 10.9. The SMILES string of the molecule is N#Cc1cc(-n2c3ccc(C#N)cc3c3c4oc5ccccc5c4ccc32)cc([Si](c2ccccc2)(c2ccccc2)c2ccc(-n3c4ccccc4c4ccccc43)cc2)c1. The fourth-order valence-electron chi connectivity index (χ4n) is 10.1. The van der Waals surface area contributed by atoms with Crippen LogP contribution in [0.3, 0.4) is 0 Å². The second kappa shape index (κ2) is 13.8. The molecule has 0 atom stereocenters. The van der Waals surface area contributed by atoms with Crippen molar-refractivity contribution < 1.29 is 4.42 Å². The first-order chi connectivity index (χ1) is 30.6. The molecule has 0 aliphatic carbocycles. The van der Waals surface area contributed by atoms with Crippen molar-refractivity contribution in [3.8, 4) is 23.5 Å². The monoisotopic (exact) mass is 806 g/mol. The highest BCUT2D eigenvalue weighted by molar-refractivity contribution is 7.20. The number of furan rings is 1. The van der Waals surface area contributed by atoms with Gasteiger partial charge in [0.25, 0.3) is 0 Å². The Kier molecular flexibility index (Phi) is 7.92. The Balaban J connectivity index is 1.15. The van der Waals surface area contributed by atoms with Gasteiger partial charge in [0.05, 0.1) is 50.7 Å². The molecule has 12 rings (SSSR count). The van der Waals surface area contributed by atoms with Crippen molar-refractivity contribution in [3.63, 3.8) is 0 Å². The lowest BCUT2D eigenvalue weighted by Gasteiger charge is -2.35. The van der Waals surface area contributed by atoms with Gasteiger partial charge in [-0.3, -0.25) is 0 Å². The molecule has 0 aliphatic rings. The van der Waals surface area contributed by atoms with Crippen molar-refractivity contribution in [1.29, 1.82) is 10.5 Å². The summed E-state index contributed by atoms with van der Waals surface area (Å²) in [5, 5.41) is 32.1. The maximum absolute atomic E-state index is 10.9. The maximum Gasteiger partial charge on any atom is 0.179 e. The second-order valence-electron chi connectivity index (χ2n) is 15.9. The molecule has 288 valence electrons. The number of hydrogen-bond donors (Lipinski definition) is 0. The molecule has 3 heterocycles. The van der Waals surface area contributed by atoms with Gasteiger partial charge in [-0.15, -0.1) is 0 Å². The van der Waals surface area contributed by atoms with Crippen LogP contribution in [0.1, 0.15) is 11.1 Å². The lowest BCUT2D eigenvalue weighted by Crippen LogP contribution is -2.74. The topological polar surface area (TPSA) is 70.6 Å². The van der Waals surface area contributed by atoms with Gasteiger partial charge in [-0.2, -0.15) is 10.5 Å². The minimum absolute atomic E-state index is 0.566. The van der Waals surface area contributed by atoms with Crippen molar-refractivity contribution in [1.82, 2.24) is 9.13 Å². The van der Waals surface area contributed by atoms with Crippen LogP contribution in [0.4, 0.5) is 0 Å². The molecule has 0 spiro atoms.